The molecular formula is C29H38F3N3O3. The molecule has 0 aromatic heterocycles. The summed E-state index contributed by atoms with van der Waals surface area (Å²) in [5.41, 5.74) is 2.57. The molecule has 6 nitrogen and oxygen atoms in total. The van der Waals surface area contributed by atoms with E-state index in [0.717, 1.165) is 29.0 Å². The van der Waals surface area contributed by atoms with E-state index in [1.54, 1.807) is 4.90 Å². The first-order chi connectivity index (χ1) is 17.7. The number of hydrogen-bond donors (Lipinski definition) is 1. The Morgan fingerprint density at radius 3 is 2.13 bits per heavy atom. The number of hydrogen-bond acceptors (Lipinski definition) is 4. The topological polar surface area (TPSA) is 61.9 Å². The van der Waals surface area contributed by atoms with E-state index in [1.165, 1.54) is 24.6 Å². The lowest BCUT2D eigenvalue weighted by atomic mass is 9.96. The minimum absolute atomic E-state index is 0.0647. The quantitative estimate of drug-likeness (QED) is 0.485. The van der Waals surface area contributed by atoms with Gasteiger partial charge in [0, 0.05) is 56.7 Å². The van der Waals surface area contributed by atoms with Crippen LogP contribution in [0.1, 0.15) is 72.8 Å². The van der Waals surface area contributed by atoms with Crippen LogP contribution in [-0.4, -0.2) is 59.9 Å². The summed E-state index contributed by atoms with van der Waals surface area (Å²) >= 11 is 0. The monoisotopic (exact) mass is 533 g/mol. The van der Waals surface area contributed by atoms with Crippen LogP contribution in [-0.2, 0) is 11.0 Å². The first-order valence-corrected chi connectivity index (χ1v) is 12.9. The first kappa shape index (κ1) is 29.5. The van der Waals surface area contributed by atoms with Gasteiger partial charge in [0.25, 0.3) is 5.91 Å². The number of amides is 2. The van der Waals surface area contributed by atoms with Gasteiger partial charge in [-0.15, -0.1) is 0 Å². The molecule has 1 atom stereocenters. The molecule has 0 bridgehead atoms. The molecule has 9 heteroatoms. The van der Waals surface area contributed by atoms with Gasteiger partial charge in [-0.3, -0.25) is 14.5 Å². The molecule has 1 heterocycles. The predicted molar refractivity (Wildman–Crippen MR) is 141 cm³/mol. The molecule has 38 heavy (non-hydrogen) atoms. The first-order valence-electron chi connectivity index (χ1n) is 12.9. The number of benzene rings is 2. The fourth-order valence-electron chi connectivity index (χ4n) is 4.87. The van der Waals surface area contributed by atoms with E-state index in [9.17, 15) is 22.8 Å². The van der Waals surface area contributed by atoms with E-state index in [4.69, 9.17) is 4.74 Å². The number of alkyl halides is 3. The number of rotatable bonds is 8. The fourth-order valence-corrected chi connectivity index (χ4v) is 4.87. The van der Waals surface area contributed by atoms with Crippen LogP contribution in [0.4, 0.5) is 13.2 Å². The van der Waals surface area contributed by atoms with Crippen LogP contribution in [0.25, 0.3) is 0 Å². The SMILES string of the molecule is CC(=O)NC(C)(C)CCOc1ccc([C@@H](C)N2CCN(C(=O)c3ccc(C(F)(F)F)cc3)CC2)c(C)c1C. The molecule has 0 spiro atoms. The van der Waals surface area contributed by atoms with Gasteiger partial charge in [-0.05, 0) is 81.6 Å². The van der Waals surface area contributed by atoms with Crippen LogP contribution in [0.2, 0.25) is 0 Å². The van der Waals surface area contributed by atoms with E-state index in [0.29, 0.717) is 39.2 Å². The van der Waals surface area contributed by atoms with Crippen molar-refractivity contribution in [2.45, 2.75) is 65.7 Å². The molecule has 3 rings (SSSR count). The van der Waals surface area contributed by atoms with Gasteiger partial charge in [0.05, 0.1) is 12.2 Å². The molecule has 2 aromatic rings. The van der Waals surface area contributed by atoms with Gasteiger partial charge in [-0.2, -0.15) is 13.2 Å². The van der Waals surface area contributed by atoms with Gasteiger partial charge < -0.3 is 15.0 Å². The molecule has 1 N–H and O–H groups in total. The van der Waals surface area contributed by atoms with Crippen molar-refractivity contribution in [1.82, 2.24) is 15.1 Å². The highest BCUT2D eigenvalue weighted by atomic mass is 19.4. The Hall–Kier alpha value is -3.07. The molecule has 0 saturated carbocycles. The largest absolute Gasteiger partial charge is 0.493 e. The van der Waals surface area contributed by atoms with Crippen LogP contribution in [0, 0.1) is 13.8 Å². The summed E-state index contributed by atoms with van der Waals surface area (Å²) in [7, 11) is 0. The van der Waals surface area contributed by atoms with Crippen LogP contribution in [0.15, 0.2) is 36.4 Å². The van der Waals surface area contributed by atoms with Crippen molar-refractivity contribution in [3.63, 3.8) is 0 Å². The second kappa shape index (κ2) is 11.8. The minimum Gasteiger partial charge on any atom is -0.493 e. The molecule has 1 aliphatic rings. The highest BCUT2D eigenvalue weighted by Crippen LogP contribution is 2.32. The zero-order valence-electron chi connectivity index (χ0n) is 23.0. The zero-order valence-corrected chi connectivity index (χ0v) is 23.0. The van der Waals surface area contributed by atoms with Crippen LogP contribution in [0.5, 0.6) is 5.75 Å². The summed E-state index contributed by atoms with van der Waals surface area (Å²) in [4.78, 5) is 28.2. The third-order valence-corrected chi connectivity index (χ3v) is 7.34. The van der Waals surface area contributed by atoms with Crippen molar-refractivity contribution in [2.75, 3.05) is 32.8 Å². The molecule has 2 amide bonds. The van der Waals surface area contributed by atoms with Gasteiger partial charge in [-0.25, -0.2) is 0 Å². The van der Waals surface area contributed by atoms with E-state index < -0.39 is 11.7 Å². The van der Waals surface area contributed by atoms with Crippen molar-refractivity contribution >= 4 is 11.8 Å². The number of nitrogens with zero attached hydrogens (tertiary/aromatic N) is 2. The third kappa shape index (κ3) is 7.28. The number of ether oxygens (including phenoxy) is 1. The van der Waals surface area contributed by atoms with Gasteiger partial charge in [0.1, 0.15) is 5.75 Å². The summed E-state index contributed by atoms with van der Waals surface area (Å²) < 4.78 is 44.5. The molecule has 1 saturated heterocycles. The maximum absolute atomic E-state index is 12.8. The van der Waals surface area contributed by atoms with Gasteiger partial charge in [0.2, 0.25) is 5.91 Å². The maximum Gasteiger partial charge on any atom is 0.416 e. The number of carbonyl (C=O) groups is 2. The summed E-state index contributed by atoms with van der Waals surface area (Å²) in [6.07, 6.45) is -3.74. The summed E-state index contributed by atoms with van der Waals surface area (Å²) in [6, 6.07) is 8.60. The lowest BCUT2D eigenvalue weighted by Gasteiger charge is -2.39. The number of piperazine rings is 1. The van der Waals surface area contributed by atoms with Gasteiger partial charge in [-0.1, -0.05) is 6.07 Å². The number of halogens is 3. The Bertz CT molecular complexity index is 1140. The van der Waals surface area contributed by atoms with Crippen LogP contribution in [0.3, 0.4) is 0 Å². The maximum atomic E-state index is 12.8. The van der Waals surface area contributed by atoms with Gasteiger partial charge in [0.15, 0.2) is 0 Å². The second-order valence-electron chi connectivity index (χ2n) is 10.6. The Morgan fingerprint density at radius 2 is 1.58 bits per heavy atom. The van der Waals surface area contributed by atoms with E-state index in [2.05, 4.69) is 30.1 Å². The fraction of sp³-hybridized carbons (Fsp3) is 0.517. The van der Waals surface area contributed by atoms with Crippen molar-refractivity contribution in [3.05, 3.63) is 64.2 Å². The van der Waals surface area contributed by atoms with E-state index in [-0.39, 0.29) is 29.0 Å². The van der Waals surface area contributed by atoms with Gasteiger partial charge >= 0.3 is 6.18 Å². The Labute approximate surface area is 223 Å². The van der Waals surface area contributed by atoms with Crippen molar-refractivity contribution in [3.8, 4) is 5.75 Å². The highest BCUT2D eigenvalue weighted by Gasteiger charge is 2.31. The zero-order chi connectivity index (χ0) is 28.3. The van der Waals surface area contributed by atoms with E-state index >= 15 is 0 Å². The number of nitrogens with one attached hydrogen (secondary N) is 1. The van der Waals surface area contributed by atoms with Crippen molar-refractivity contribution in [1.29, 1.82) is 0 Å². The van der Waals surface area contributed by atoms with Crippen molar-refractivity contribution < 1.29 is 27.5 Å². The van der Waals surface area contributed by atoms with Crippen molar-refractivity contribution in [2.24, 2.45) is 0 Å². The molecule has 0 unspecified atom stereocenters. The average molecular weight is 534 g/mol. The average Bonchev–Trinajstić information content (AvgIpc) is 2.84. The predicted octanol–water partition coefficient (Wildman–Crippen LogP) is 5.52. The Morgan fingerprint density at radius 1 is 0.974 bits per heavy atom. The van der Waals surface area contributed by atoms with Crippen LogP contribution >= 0.6 is 0 Å². The Kier molecular flexibility index (Phi) is 9.13. The third-order valence-electron chi connectivity index (χ3n) is 7.34. The number of carbonyl (C=O) groups excluding carboxylic acids is 2. The highest BCUT2D eigenvalue weighted by molar-refractivity contribution is 5.94. The second-order valence-corrected chi connectivity index (χ2v) is 10.6. The Balaban J connectivity index is 1.58. The standard InChI is InChI=1S/C29H38F3N3O3/c1-19-20(2)26(38-18-13-28(5,6)33-22(4)36)12-11-25(19)21(3)34-14-16-35(17-15-34)27(37)23-7-9-24(10-8-23)29(30,31)32/h7-12,21H,13-18H2,1-6H3,(H,33,36)/t21-/m1/s1. The minimum atomic E-state index is -4.42. The smallest absolute Gasteiger partial charge is 0.416 e. The molecule has 208 valence electrons. The molecule has 0 radical (unpaired) electrons. The summed E-state index contributed by atoms with van der Waals surface area (Å²) in [6.45, 7) is 14.6. The van der Waals surface area contributed by atoms with Crippen LogP contribution < -0.4 is 10.1 Å². The normalized spacial score (nSPS) is 15.8. The summed E-state index contributed by atoms with van der Waals surface area (Å²) in [5.74, 6) is 0.510. The lowest BCUT2D eigenvalue weighted by Crippen LogP contribution is -2.49. The molecule has 1 fully saturated rings. The lowest BCUT2D eigenvalue weighted by molar-refractivity contribution is -0.137. The molecule has 0 aliphatic carbocycles. The molecule has 2 aromatic carbocycles. The van der Waals surface area contributed by atoms with E-state index in [1.807, 2.05) is 26.8 Å². The molecule has 1 aliphatic heterocycles. The summed E-state index contributed by atoms with van der Waals surface area (Å²) in [5, 5.41) is 2.93. The molecular weight excluding hydrogens is 495 g/mol.